The fraction of sp³-hybridized carbons (Fsp3) is 0.955. The molecule has 0 bridgehead atoms. The molecule has 0 saturated heterocycles. The number of carbonyl (C=O) groups excluding carboxylic acids is 1. The van der Waals surface area contributed by atoms with Crippen LogP contribution in [0.5, 0.6) is 0 Å². The van der Waals surface area contributed by atoms with Gasteiger partial charge in [-0.05, 0) is 40.4 Å². The standard InChI is InChI=1S/C22H46O9Si/c1-22(2,3)31-21(23)7-8-24-9-10-25-11-12-26-13-14-27-15-16-28-17-18-29-19-20-30-32(4,5)6/h7-20H2,1-6H3. The molecule has 0 heterocycles. The van der Waals surface area contributed by atoms with E-state index in [2.05, 4.69) is 19.6 Å². The van der Waals surface area contributed by atoms with E-state index in [0.717, 1.165) is 0 Å². The molecule has 0 amide bonds. The summed E-state index contributed by atoms with van der Waals surface area (Å²) < 4.78 is 43.4. The molecule has 10 heteroatoms. The molecular weight excluding hydrogens is 436 g/mol. The van der Waals surface area contributed by atoms with Crippen molar-refractivity contribution in [1.29, 1.82) is 0 Å². The van der Waals surface area contributed by atoms with Crippen molar-refractivity contribution in [3.63, 3.8) is 0 Å². The molecule has 9 nitrogen and oxygen atoms in total. The van der Waals surface area contributed by atoms with Gasteiger partial charge in [-0.3, -0.25) is 4.79 Å². The lowest BCUT2D eigenvalue weighted by molar-refractivity contribution is -0.156. The Bertz CT molecular complexity index is 436. The van der Waals surface area contributed by atoms with Crippen molar-refractivity contribution in [3.8, 4) is 0 Å². The molecule has 0 radical (unpaired) electrons. The van der Waals surface area contributed by atoms with Gasteiger partial charge >= 0.3 is 5.97 Å². The SMILES string of the molecule is CC(C)(C)OC(=O)CCOCCOCCOCCOCCOCCOCCO[Si](C)(C)C. The molecule has 0 aromatic rings. The van der Waals surface area contributed by atoms with E-state index in [1.165, 1.54) is 0 Å². The zero-order chi connectivity index (χ0) is 24.1. The van der Waals surface area contributed by atoms with Gasteiger partial charge in [0, 0.05) is 0 Å². The average molecular weight is 483 g/mol. The first-order valence-corrected chi connectivity index (χ1v) is 14.8. The topological polar surface area (TPSA) is 90.9 Å². The monoisotopic (exact) mass is 482 g/mol. The van der Waals surface area contributed by atoms with Gasteiger partial charge < -0.3 is 37.6 Å². The molecule has 0 rings (SSSR count). The number of hydrogen-bond donors (Lipinski definition) is 0. The normalized spacial score (nSPS) is 12.3. The molecule has 0 saturated carbocycles. The second-order valence-electron chi connectivity index (χ2n) is 8.97. The van der Waals surface area contributed by atoms with Gasteiger partial charge in [0.2, 0.25) is 0 Å². The molecule has 0 aliphatic carbocycles. The molecule has 0 aromatic carbocycles. The van der Waals surface area contributed by atoms with E-state index in [4.69, 9.17) is 37.6 Å². The highest BCUT2D eigenvalue weighted by atomic mass is 28.4. The Hall–Kier alpha value is -0.593. The van der Waals surface area contributed by atoms with E-state index >= 15 is 0 Å². The quantitative estimate of drug-likeness (QED) is 0.131. The Morgan fingerprint density at radius 1 is 0.562 bits per heavy atom. The van der Waals surface area contributed by atoms with Crippen LogP contribution in [0, 0.1) is 0 Å². The fourth-order valence-corrected chi connectivity index (χ4v) is 2.85. The Morgan fingerprint density at radius 2 is 0.875 bits per heavy atom. The molecule has 0 spiro atoms. The van der Waals surface area contributed by atoms with E-state index < -0.39 is 13.9 Å². The van der Waals surface area contributed by atoms with Gasteiger partial charge in [-0.25, -0.2) is 0 Å². The van der Waals surface area contributed by atoms with Gasteiger partial charge in [-0.15, -0.1) is 0 Å². The van der Waals surface area contributed by atoms with Crippen LogP contribution in [-0.2, 0) is 42.4 Å². The molecule has 192 valence electrons. The summed E-state index contributed by atoms with van der Waals surface area (Å²) in [5, 5.41) is 0. The van der Waals surface area contributed by atoms with Crippen molar-refractivity contribution in [1.82, 2.24) is 0 Å². The Kier molecular flexibility index (Phi) is 19.5. The number of hydrogen-bond acceptors (Lipinski definition) is 9. The van der Waals surface area contributed by atoms with Gasteiger partial charge in [0.25, 0.3) is 0 Å². The smallest absolute Gasteiger partial charge is 0.308 e. The van der Waals surface area contributed by atoms with Crippen LogP contribution in [0.3, 0.4) is 0 Å². The van der Waals surface area contributed by atoms with Crippen LogP contribution < -0.4 is 0 Å². The zero-order valence-electron chi connectivity index (χ0n) is 21.1. The van der Waals surface area contributed by atoms with Crippen LogP contribution >= 0.6 is 0 Å². The third kappa shape index (κ3) is 27.4. The predicted octanol–water partition coefficient (Wildman–Crippen LogP) is 2.67. The second-order valence-corrected chi connectivity index (χ2v) is 13.5. The maximum Gasteiger partial charge on any atom is 0.308 e. The summed E-state index contributed by atoms with van der Waals surface area (Å²) in [7, 11) is -1.44. The van der Waals surface area contributed by atoms with E-state index in [0.29, 0.717) is 85.9 Å². The summed E-state index contributed by atoms with van der Waals surface area (Å²) >= 11 is 0. The minimum Gasteiger partial charge on any atom is -0.460 e. The van der Waals surface area contributed by atoms with Crippen molar-refractivity contribution in [2.75, 3.05) is 85.9 Å². The van der Waals surface area contributed by atoms with E-state index in [1.54, 1.807) is 0 Å². The largest absolute Gasteiger partial charge is 0.460 e. The van der Waals surface area contributed by atoms with Crippen LogP contribution in [0.2, 0.25) is 19.6 Å². The lowest BCUT2D eigenvalue weighted by atomic mass is 10.2. The van der Waals surface area contributed by atoms with Crippen molar-refractivity contribution in [3.05, 3.63) is 0 Å². The molecular formula is C22H46O9Si. The van der Waals surface area contributed by atoms with Crippen LogP contribution in [0.1, 0.15) is 27.2 Å². The maximum absolute atomic E-state index is 11.5. The zero-order valence-corrected chi connectivity index (χ0v) is 22.1. The Morgan fingerprint density at radius 3 is 1.19 bits per heavy atom. The molecule has 0 N–H and O–H groups in total. The molecule has 32 heavy (non-hydrogen) atoms. The van der Waals surface area contributed by atoms with E-state index in [9.17, 15) is 4.79 Å². The summed E-state index contributed by atoms with van der Waals surface area (Å²) in [6, 6.07) is 0. The first kappa shape index (κ1) is 31.4. The van der Waals surface area contributed by atoms with E-state index in [-0.39, 0.29) is 12.4 Å². The van der Waals surface area contributed by atoms with Crippen molar-refractivity contribution >= 4 is 14.3 Å². The first-order chi connectivity index (χ1) is 15.1. The van der Waals surface area contributed by atoms with Crippen molar-refractivity contribution in [2.24, 2.45) is 0 Å². The molecule has 0 unspecified atom stereocenters. The van der Waals surface area contributed by atoms with Gasteiger partial charge in [-0.2, -0.15) is 0 Å². The molecule has 0 aliphatic rings. The number of esters is 1. The van der Waals surface area contributed by atoms with Crippen molar-refractivity contribution in [2.45, 2.75) is 52.4 Å². The third-order valence-corrected chi connectivity index (χ3v) is 4.56. The van der Waals surface area contributed by atoms with Gasteiger partial charge in [-0.1, -0.05) is 0 Å². The highest BCUT2D eigenvalue weighted by Gasteiger charge is 2.15. The van der Waals surface area contributed by atoms with Gasteiger partial charge in [0.1, 0.15) is 5.60 Å². The minimum atomic E-state index is -1.44. The third-order valence-electron chi connectivity index (χ3n) is 3.49. The van der Waals surface area contributed by atoms with Gasteiger partial charge in [0.15, 0.2) is 8.32 Å². The Balaban J connectivity index is 3.14. The molecule has 0 fully saturated rings. The van der Waals surface area contributed by atoms with E-state index in [1.807, 2.05) is 20.8 Å². The number of rotatable bonds is 22. The molecule has 0 aromatic heterocycles. The average Bonchev–Trinajstić information content (AvgIpc) is 2.67. The lowest BCUT2D eigenvalue weighted by Gasteiger charge is -2.19. The first-order valence-electron chi connectivity index (χ1n) is 11.4. The summed E-state index contributed by atoms with van der Waals surface area (Å²) in [4.78, 5) is 11.5. The summed E-state index contributed by atoms with van der Waals surface area (Å²) in [5.41, 5.74) is -0.461. The lowest BCUT2D eigenvalue weighted by Crippen LogP contribution is -2.27. The van der Waals surface area contributed by atoms with Crippen LogP contribution in [-0.4, -0.2) is 106 Å². The van der Waals surface area contributed by atoms with Crippen LogP contribution in [0.25, 0.3) is 0 Å². The Labute approximate surface area is 195 Å². The fourth-order valence-electron chi connectivity index (χ4n) is 2.16. The highest BCUT2D eigenvalue weighted by molar-refractivity contribution is 6.69. The molecule has 0 atom stereocenters. The van der Waals surface area contributed by atoms with Crippen LogP contribution in [0.15, 0.2) is 0 Å². The van der Waals surface area contributed by atoms with Gasteiger partial charge in [0.05, 0.1) is 92.3 Å². The highest BCUT2D eigenvalue weighted by Crippen LogP contribution is 2.08. The summed E-state index contributed by atoms with van der Waals surface area (Å²) in [6.45, 7) is 18.7. The maximum atomic E-state index is 11.5. The minimum absolute atomic E-state index is 0.243. The number of carbonyl (C=O) groups is 1. The number of ether oxygens (including phenoxy) is 7. The second kappa shape index (κ2) is 19.8. The molecule has 0 aliphatic heterocycles. The van der Waals surface area contributed by atoms with Crippen molar-refractivity contribution < 1.29 is 42.4 Å². The predicted molar refractivity (Wildman–Crippen MR) is 125 cm³/mol. The summed E-state index contributed by atoms with van der Waals surface area (Å²) in [5.74, 6) is -0.256. The van der Waals surface area contributed by atoms with Crippen LogP contribution in [0.4, 0.5) is 0 Å². The summed E-state index contributed by atoms with van der Waals surface area (Å²) in [6.07, 6.45) is 0.243.